The summed E-state index contributed by atoms with van der Waals surface area (Å²) in [5, 5.41) is 3.39. The Bertz CT molecular complexity index is 278. The summed E-state index contributed by atoms with van der Waals surface area (Å²) in [5.74, 6) is 0. The van der Waals surface area contributed by atoms with Gasteiger partial charge >= 0.3 is 0 Å². The topological polar surface area (TPSA) is 21.3 Å². The van der Waals surface area contributed by atoms with Gasteiger partial charge in [0, 0.05) is 24.2 Å². The van der Waals surface area contributed by atoms with Crippen molar-refractivity contribution in [1.82, 2.24) is 5.32 Å². The molecule has 78 valence electrons. The number of hydrogen-bond donors (Lipinski definition) is 1. The Labute approximate surface area is 93.8 Å². The summed E-state index contributed by atoms with van der Waals surface area (Å²) in [4.78, 5) is 0. The second-order valence-electron chi connectivity index (χ2n) is 3.33. The van der Waals surface area contributed by atoms with Crippen LogP contribution in [0.3, 0.4) is 0 Å². The van der Waals surface area contributed by atoms with Crippen LogP contribution in [0, 0.1) is 0 Å². The van der Waals surface area contributed by atoms with E-state index in [2.05, 4.69) is 40.3 Å². The quantitative estimate of drug-likeness (QED) is 0.876. The lowest BCUT2D eigenvalue weighted by atomic mass is 10.2. The summed E-state index contributed by atoms with van der Waals surface area (Å²) in [6, 6.07) is 8.61. The summed E-state index contributed by atoms with van der Waals surface area (Å²) >= 11 is 3.51. The molecule has 1 aromatic rings. The molecule has 1 N–H and O–H groups in total. The van der Waals surface area contributed by atoms with Gasteiger partial charge in [-0.3, -0.25) is 0 Å². The lowest BCUT2D eigenvalue weighted by Gasteiger charge is -2.13. The Balaban J connectivity index is 2.41. The molecule has 0 heterocycles. The van der Waals surface area contributed by atoms with E-state index in [4.69, 9.17) is 4.74 Å². The summed E-state index contributed by atoms with van der Waals surface area (Å²) in [6.45, 7) is 3.72. The van der Waals surface area contributed by atoms with Crippen LogP contribution in [0.25, 0.3) is 0 Å². The average molecular weight is 258 g/mol. The van der Waals surface area contributed by atoms with Crippen molar-refractivity contribution in [2.24, 2.45) is 0 Å². The van der Waals surface area contributed by atoms with Crippen LogP contribution in [-0.2, 0) is 11.3 Å². The van der Waals surface area contributed by atoms with Crippen molar-refractivity contribution >= 4 is 15.9 Å². The first-order valence-corrected chi connectivity index (χ1v) is 5.49. The molecule has 0 spiro atoms. The number of methoxy groups -OCH3 is 1. The highest BCUT2D eigenvalue weighted by Crippen LogP contribution is 2.15. The van der Waals surface area contributed by atoms with Crippen molar-refractivity contribution in [1.29, 1.82) is 0 Å². The van der Waals surface area contributed by atoms with Gasteiger partial charge in [-0.25, -0.2) is 0 Å². The minimum absolute atomic E-state index is 0.382. The number of nitrogens with one attached hydrogen (secondary N) is 1. The van der Waals surface area contributed by atoms with Crippen LogP contribution >= 0.6 is 15.9 Å². The maximum Gasteiger partial charge on any atom is 0.0613 e. The molecule has 0 aliphatic carbocycles. The number of benzene rings is 1. The van der Waals surface area contributed by atoms with Crippen LogP contribution in [-0.4, -0.2) is 19.8 Å². The van der Waals surface area contributed by atoms with Gasteiger partial charge in [-0.2, -0.15) is 0 Å². The number of hydrogen-bond acceptors (Lipinski definition) is 2. The molecular weight excluding hydrogens is 242 g/mol. The molecule has 1 rings (SSSR count). The second kappa shape index (κ2) is 6.17. The van der Waals surface area contributed by atoms with Gasteiger partial charge in [0.05, 0.1) is 6.61 Å². The van der Waals surface area contributed by atoms with E-state index in [-0.39, 0.29) is 0 Å². The Kier molecular flexibility index (Phi) is 5.15. The highest BCUT2D eigenvalue weighted by molar-refractivity contribution is 9.10. The molecule has 0 radical (unpaired) electrons. The standard InChI is InChI=1S/C11H16BrNO/c1-9(8-14-2)13-7-10-5-3-4-6-11(10)12/h3-6,9,13H,7-8H2,1-2H3/t9-/m0/s1. The summed E-state index contributed by atoms with van der Waals surface area (Å²) in [5.41, 5.74) is 1.27. The number of rotatable bonds is 5. The predicted molar refractivity (Wildman–Crippen MR) is 62.3 cm³/mol. The summed E-state index contributed by atoms with van der Waals surface area (Å²) < 4.78 is 6.20. The van der Waals surface area contributed by atoms with E-state index in [1.54, 1.807) is 7.11 Å². The molecule has 0 saturated heterocycles. The van der Waals surface area contributed by atoms with Gasteiger partial charge in [0.1, 0.15) is 0 Å². The molecule has 0 aliphatic heterocycles. The van der Waals surface area contributed by atoms with Crippen LogP contribution in [0.5, 0.6) is 0 Å². The predicted octanol–water partition coefficient (Wildman–Crippen LogP) is 2.57. The third-order valence-electron chi connectivity index (χ3n) is 2.02. The van der Waals surface area contributed by atoms with E-state index in [1.165, 1.54) is 5.56 Å². The van der Waals surface area contributed by atoms with Crippen molar-refractivity contribution in [3.05, 3.63) is 34.3 Å². The van der Waals surface area contributed by atoms with Crippen molar-refractivity contribution in [2.75, 3.05) is 13.7 Å². The van der Waals surface area contributed by atoms with Crippen molar-refractivity contribution in [3.8, 4) is 0 Å². The lowest BCUT2D eigenvalue weighted by molar-refractivity contribution is 0.171. The van der Waals surface area contributed by atoms with Crippen LogP contribution < -0.4 is 5.32 Å². The molecule has 3 heteroatoms. The largest absolute Gasteiger partial charge is 0.383 e. The molecule has 0 unspecified atom stereocenters. The molecule has 0 aliphatic rings. The average Bonchev–Trinajstić information content (AvgIpc) is 2.17. The zero-order chi connectivity index (χ0) is 10.4. The van der Waals surface area contributed by atoms with Crippen LogP contribution in [0.2, 0.25) is 0 Å². The third kappa shape index (κ3) is 3.78. The highest BCUT2D eigenvalue weighted by atomic mass is 79.9. The van der Waals surface area contributed by atoms with Gasteiger partial charge in [0.25, 0.3) is 0 Å². The van der Waals surface area contributed by atoms with Gasteiger partial charge < -0.3 is 10.1 Å². The minimum Gasteiger partial charge on any atom is -0.383 e. The second-order valence-corrected chi connectivity index (χ2v) is 4.18. The Morgan fingerprint density at radius 2 is 2.14 bits per heavy atom. The van der Waals surface area contributed by atoms with Gasteiger partial charge in [0.15, 0.2) is 0 Å². The molecule has 0 aromatic heterocycles. The van der Waals surface area contributed by atoms with Crippen LogP contribution in [0.1, 0.15) is 12.5 Å². The maximum absolute atomic E-state index is 5.05. The molecular formula is C11H16BrNO. The maximum atomic E-state index is 5.05. The first-order chi connectivity index (χ1) is 6.74. The molecule has 1 aromatic carbocycles. The molecule has 0 amide bonds. The van der Waals surface area contributed by atoms with Gasteiger partial charge in [-0.1, -0.05) is 34.1 Å². The van der Waals surface area contributed by atoms with Crippen molar-refractivity contribution < 1.29 is 4.74 Å². The fourth-order valence-electron chi connectivity index (χ4n) is 1.23. The van der Waals surface area contributed by atoms with E-state index in [1.807, 2.05) is 12.1 Å². The van der Waals surface area contributed by atoms with Crippen LogP contribution in [0.4, 0.5) is 0 Å². The Morgan fingerprint density at radius 3 is 2.79 bits per heavy atom. The SMILES string of the molecule is COC[C@H](C)NCc1ccccc1Br. The summed E-state index contributed by atoms with van der Waals surface area (Å²) in [7, 11) is 1.72. The molecule has 0 fully saturated rings. The first-order valence-electron chi connectivity index (χ1n) is 4.69. The lowest BCUT2D eigenvalue weighted by Crippen LogP contribution is -2.29. The molecule has 14 heavy (non-hydrogen) atoms. The van der Waals surface area contributed by atoms with Gasteiger partial charge in [0.2, 0.25) is 0 Å². The molecule has 0 bridgehead atoms. The fourth-order valence-corrected chi connectivity index (χ4v) is 1.66. The van der Waals surface area contributed by atoms with Crippen molar-refractivity contribution in [2.45, 2.75) is 19.5 Å². The fraction of sp³-hybridized carbons (Fsp3) is 0.455. The van der Waals surface area contributed by atoms with E-state index >= 15 is 0 Å². The first kappa shape index (κ1) is 11.7. The molecule has 1 atom stereocenters. The van der Waals surface area contributed by atoms with Gasteiger partial charge in [-0.15, -0.1) is 0 Å². The molecule has 2 nitrogen and oxygen atoms in total. The monoisotopic (exact) mass is 257 g/mol. The van der Waals surface area contributed by atoms with E-state index < -0.39 is 0 Å². The Morgan fingerprint density at radius 1 is 1.43 bits per heavy atom. The highest BCUT2D eigenvalue weighted by Gasteiger charge is 2.02. The van der Waals surface area contributed by atoms with Crippen molar-refractivity contribution in [3.63, 3.8) is 0 Å². The summed E-state index contributed by atoms with van der Waals surface area (Å²) in [6.07, 6.45) is 0. The number of ether oxygens (including phenoxy) is 1. The van der Waals surface area contributed by atoms with Crippen LogP contribution in [0.15, 0.2) is 28.7 Å². The Hall–Kier alpha value is -0.380. The third-order valence-corrected chi connectivity index (χ3v) is 2.79. The van der Waals surface area contributed by atoms with E-state index in [0.717, 1.165) is 17.6 Å². The minimum atomic E-state index is 0.382. The van der Waals surface area contributed by atoms with E-state index in [9.17, 15) is 0 Å². The van der Waals surface area contributed by atoms with E-state index in [0.29, 0.717) is 6.04 Å². The normalized spacial score (nSPS) is 12.8. The zero-order valence-electron chi connectivity index (χ0n) is 8.59. The molecule has 0 saturated carbocycles. The number of halogens is 1. The zero-order valence-corrected chi connectivity index (χ0v) is 10.2. The smallest absolute Gasteiger partial charge is 0.0613 e. The van der Waals surface area contributed by atoms with Gasteiger partial charge in [-0.05, 0) is 18.6 Å².